The molecule has 0 radical (unpaired) electrons. The number of hydrogen-bond acceptors (Lipinski definition) is 2. The predicted molar refractivity (Wildman–Crippen MR) is 146 cm³/mol. The summed E-state index contributed by atoms with van der Waals surface area (Å²) in [5.74, 6) is 0.751. The van der Waals surface area contributed by atoms with E-state index in [0.29, 0.717) is 42.2 Å². The molecule has 37 heavy (non-hydrogen) atoms. The Morgan fingerprint density at radius 2 is 1.73 bits per heavy atom. The number of nitrogens with zero attached hydrogens (tertiary/aromatic N) is 2. The molecule has 2 aliphatic rings. The highest BCUT2D eigenvalue weighted by atomic mass is 19.2. The molecule has 0 saturated carbocycles. The number of allylic oxidation sites excluding steroid dienone is 3. The second-order valence-electron chi connectivity index (χ2n) is 11.0. The highest BCUT2D eigenvalue weighted by molar-refractivity contribution is 6.58. The second kappa shape index (κ2) is 9.95. The number of nitrogens with one attached hydrogen (secondary N) is 1. The van der Waals surface area contributed by atoms with Crippen molar-refractivity contribution in [2.45, 2.75) is 74.3 Å². The predicted octanol–water partition coefficient (Wildman–Crippen LogP) is 6.10. The number of benzene rings is 1. The van der Waals surface area contributed by atoms with Crippen LogP contribution in [0.3, 0.4) is 0 Å². The van der Waals surface area contributed by atoms with Crippen molar-refractivity contribution in [3.63, 3.8) is 0 Å². The summed E-state index contributed by atoms with van der Waals surface area (Å²) in [6, 6.07) is 7.68. The fourth-order valence-corrected chi connectivity index (χ4v) is 5.97. The largest absolute Gasteiger partial charge is 0.737 e. The molecule has 0 spiro atoms. The number of amides is 1. The number of fused-ring (bicyclic) bond motifs is 2. The van der Waals surface area contributed by atoms with Gasteiger partial charge in [-0.2, -0.15) is 0 Å². The standard InChI is InChI=1S/C29H38BF2N3O2/c1-17(13-26(36)33-22(6)16-37-29-18(2)10-9-11-19(29)3)12-25-27-20(4)14-23(7)34(27)30(31,32)35-24(8)15-21(5)28(25)35/h9-11,14-15,17,22H,12-13,16H2,1-8H3,(H,33,36)/t17-,22+/m1/s1. The fourth-order valence-electron chi connectivity index (χ4n) is 5.97. The maximum Gasteiger partial charge on any atom is 0.737 e. The lowest BCUT2D eigenvalue weighted by Crippen LogP contribution is -2.51. The Morgan fingerprint density at radius 1 is 1.08 bits per heavy atom. The lowest BCUT2D eigenvalue weighted by Gasteiger charge is -2.34. The molecule has 1 N–H and O–H groups in total. The summed E-state index contributed by atoms with van der Waals surface area (Å²) in [6.07, 6.45) is 2.66. The van der Waals surface area contributed by atoms with E-state index in [4.69, 9.17) is 4.74 Å². The number of ether oxygens (including phenoxy) is 1. The molecular formula is C29H38BF2N3O2. The van der Waals surface area contributed by atoms with Gasteiger partial charge in [-0.1, -0.05) is 25.1 Å². The maximum atomic E-state index is 15.7. The van der Waals surface area contributed by atoms with E-state index in [0.717, 1.165) is 33.6 Å². The summed E-state index contributed by atoms with van der Waals surface area (Å²) in [6.45, 7) is 11.6. The third-order valence-corrected chi connectivity index (χ3v) is 7.41. The van der Waals surface area contributed by atoms with Crippen molar-refractivity contribution in [3.05, 3.63) is 69.7 Å². The monoisotopic (exact) mass is 509 g/mol. The molecule has 2 atom stereocenters. The molecule has 0 fully saturated rings. The number of rotatable bonds is 8. The minimum Gasteiger partial charge on any atom is -0.491 e. The Bertz CT molecular complexity index is 1330. The van der Waals surface area contributed by atoms with Crippen molar-refractivity contribution in [3.8, 4) is 5.75 Å². The number of halogens is 2. The van der Waals surface area contributed by atoms with Crippen molar-refractivity contribution in [2.75, 3.05) is 6.61 Å². The summed E-state index contributed by atoms with van der Waals surface area (Å²) in [5, 5.41) is 3.04. The Labute approximate surface area is 219 Å². The van der Waals surface area contributed by atoms with E-state index in [1.165, 1.54) is 8.96 Å². The Kier molecular flexibility index (Phi) is 7.24. The van der Waals surface area contributed by atoms with Gasteiger partial charge in [0.15, 0.2) is 5.70 Å². The van der Waals surface area contributed by atoms with Crippen LogP contribution in [0, 0.1) is 33.6 Å². The number of carbonyl (C=O) groups is 1. The van der Waals surface area contributed by atoms with E-state index in [-0.39, 0.29) is 17.9 Å². The molecule has 1 aromatic heterocycles. The summed E-state index contributed by atoms with van der Waals surface area (Å²) in [7, 11) is 0. The smallest absolute Gasteiger partial charge is 0.491 e. The Balaban J connectivity index is 1.48. The molecule has 0 aliphatic carbocycles. The molecule has 198 valence electrons. The van der Waals surface area contributed by atoms with E-state index in [2.05, 4.69) is 5.32 Å². The highest BCUT2D eigenvalue weighted by Crippen LogP contribution is 2.43. The molecule has 5 nitrogen and oxygen atoms in total. The van der Waals surface area contributed by atoms with Crippen LogP contribution in [-0.4, -0.2) is 40.2 Å². The number of hydrogen-bond donors (Lipinski definition) is 1. The van der Waals surface area contributed by atoms with Gasteiger partial charge in [-0.25, -0.2) is 0 Å². The van der Waals surface area contributed by atoms with Crippen LogP contribution in [0.1, 0.15) is 68.6 Å². The first-order chi connectivity index (χ1) is 17.3. The molecule has 4 rings (SSSR count). The molecular weight excluding hydrogens is 471 g/mol. The van der Waals surface area contributed by atoms with Gasteiger partial charge in [-0.15, -0.1) is 0 Å². The molecule has 2 aromatic rings. The molecule has 1 aromatic carbocycles. The molecule has 3 heterocycles. The lowest BCUT2D eigenvalue weighted by atomic mass is 9.83. The average Bonchev–Trinajstić information content (AvgIpc) is 3.26. The zero-order chi connectivity index (χ0) is 27.2. The number of aryl methyl sites for hydroxylation is 4. The zero-order valence-electron chi connectivity index (χ0n) is 23.2. The number of aromatic nitrogens is 1. The van der Waals surface area contributed by atoms with Crippen LogP contribution in [0.4, 0.5) is 8.63 Å². The van der Waals surface area contributed by atoms with Crippen molar-refractivity contribution in [1.82, 2.24) is 9.79 Å². The van der Waals surface area contributed by atoms with Gasteiger partial charge in [-0.3, -0.25) is 4.79 Å². The van der Waals surface area contributed by atoms with Gasteiger partial charge >= 0.3 is 6.97 Å². The van der Waals surface area contributed by atoms with Crippen LogP contribution < -0.4 is 10.1 Å². The lowest BCUT2D eigenvalue weighted by molar-refractivity contribution is -0.363. The topological polar surface area (TPSA) is 46.3 Å². The SMILES string of the molecule is CC1=CC(C)=[N+]2C1=C(C[C@@H](C)CC(=O)N[C@@H](C)COc1c(C)cccc1C)c1c(C)cc(C)n1[B-]2(F)F. The normalized spacial score (nSPS) is 17.8. The summed E-state index contributed by atoms with van der Waals surface area (Å²) in [4.78, 5) is 12.9. The minimum atomic E-state index is -3.98. The third kappa shape index (κ3) is 4.90. The van der Waals surface area contributed by atoms with Gasteiger partial charge in [-0.05, 0) is 82.3 Å². The van der Waals surface area contributed by atoms with Gasteiger partial charge in [0.05, 0.1) is 6.04 Å². The van der Waals surface area contributed by atoms with Crippen LogP contribution in [-0.2, 0) is 4.79 Å². The van der Waals surface area contributed by atoms with E-state index >= 15 is 8.63 Å². The molecule has 8 heteroatoms. The quantitative estimate of drug-likeness (QED) is 0.437. The van der Waals surface area contributed by atoms with Gasteiger partial charge in [0, 0.05) is 36.3 Å². The molecule has 0 unspecified atom stereocenters. The Morgan fingerprint density at radius 3 is 2.38 bits per heavy atom. The van der Waals surface area contributed by atoms with Crippen LogP contribution in [0.5, 0.6) is 5.75 Å². The van der Waals surface area contributed by atoms with Gasteiger partial charge < -0.3 is 27.6 Å². The van der Waals surface area contributed by atoms with Crippen molar-refractivity contribution >= 4 is 24.2 Å². The summed E-state index contributed by atoms with van der Waals surface area (Å²) < 4.78 is 39.9. The number of para-hydroxylation sites is 1. The average molecular weight is 509 g/mol. The summed E-state index contributed by atoms with van der Waals surface area (Å²) >= 11 is 0. The van der Waals surface area contributed by atoms with Crippen LogP contribution in [0.25, 0.3) is 5.57 Å². The molecule has 0 bridgehead atoms. The zero-order valence-corrected chi connectivity index (χ0v) is 23.2. The fraction of sp³-hybridized carbons (Fsp3) is 0.448. The van der Waals surface area contributed by atoms with Gasteiger partial charge in [0.25, 0.3) is 0 Å². The van der Waals surface area contributed by atoms with Crippen LogP contribution in [0.2, 0.25) is 0 Å². The minimum absolute atomic E-state index is 0.0351. The first kappa shape index (κ1) is 26.9. The van der Waals surface area contributed by atoms with E-state index in [9.17, 15) is 4.79 Å². The van der Waals surface area contributed by atoms with Crippen molar-refractivity contribution in [2.24, 2.45) is 5.92 Å². The van der Waals surface area contributed by atoms with Crippen molar-refractivity contribution < 1.29 is 22.6 Å². The molecule has 0 saturated heterocycles. The summed E-state index contributed by atoms with van der Waals surface area (Å²) in [5.41, 5.74) is 6.99. The first-order valence-corrected chi connectivity index (χ1v) is 13.1. The second-order valence-corrected chi connectivity index (χ2v) is 11.0. The van der Waals surface area contributed by atoms with Crippen molar-refractivity contribution in [1.29, 1.82) is 0 Å². The highest BCUT2D eigenvalue weighted by Gasteiger charge is 2.54. The van der Waals surface area contributed by atoms with Crippen LogP contribution in [0.15, 0.2) is 41.6 Å². The van der Waals surface area contributed by atoms with E-state index in [1.807, 2.05) is 71.9 Å². The first-order valence-electron chi connectivity index (χ1n) is 13.1. The van der Waals surface area contributed by atoms with E-state index in [1.54, 1.807) is 13.8 Å². The Hall–Kier alpha value is -3.16. The van der Waals surface area contributed by atoms with Gasteiger partial charge in [0.1, 0.15) is 18.1 Å². The van der Waals surface area contributed by atoms with Gasteiger partial charge in [0.2, 0.25) is 5.91 Å². The van der Waals surface area contributed by atoms with E-state index < -0.39 is 6.97 Å². The molecule has 1 amide bonds. The van der Waals surface area contributed by atoms with Crippen LogP contribution >= 0.6 is 0 Å². The molecule has 2 aliphatic heterocycles. The third-order valence-electron chi connectivity index (χ3n) is 7.41. The maximum absolute atomic E-state index is 15.7. The number of carbonyl (C=O) groups excluding carboxylic acids is 1.